The Morgan fingerprint density at radius 3 is 2.69 bits per heavy atom. The summed E-state index contributed by atoms with van der Waals surface area (Å²) >= 11 is 10.2. The third-order valence-corrected chi connectivity index (χ3v) is 6.38. The summed E-state index contributed by atoms with van der Waals surface area (Å²) in [7, 11) is 0. The van der Waals surface area contributed by atoms with Gasteiger partial charge >= 0.3 is 0 Å². The molecule has 0 amide bonds. The summed E-state index contributed by atoms with van der Waals surface area (Å²) in [5.41, 5.74) is 3.01. The van der Waals surface area contributed by atoms with Crippen molar-refractivity contribution in [2.75, 3.05) is 5.32 Å². The first-order valence-corrected chi connectivity index (χ1v) is 11.1. The van der Waals surface area contributed by atoms with Gasteiger partial charge in [0.15, 0.2) is 8.96 Å². The summed E-state index contributed by atoms with van der Waals surface area (Å²) in [6, 6.07) is 11.6. The minimum Gasteiger partial charge on any atom is -0.366 e. The van der Waals surface area contributed by atoms with Crippen LogP contribution < -0.4 is 10.7 Å². The first-order chi connectivity index (χ1) is 14.0. The van der Waals surface area contributed by atoms with Gasteiger partial charge in [-0.15, -0.1) is 0 Å². The zero-order chi connectivity index (χ0) is 20.5. The Kier molecular flexibility index (Phi) is 5.62. The second kappa shape index (κ2) is 8.17. The van der Waals surface area contributed by atoms with E-state index in [1.807, 2.05) is 61.0 Å². The predicted octanol–water partition coefficient (Wildman–Crippen LogP) is 5.21. The van der Waals surface area contributed by atoms with Crippen LogP contribution in [0.5, 0.6) is 0 Å². The van der Waals surface area contributed by atoms with Crippen LogP contribution in [0.3, 0.4) is 0 Å². The molecule has 0 saturated carbocycles. The van der Waals surface area contributed by atoms with E-state index in [4.69, 9.17) is 12.2 Å². The molecule has 3 heterocycles. The summed E-state index contributed by atoms with van der Waals surface area (Å²) in [6.45, 7) is 5.08. The van der Waals surface area contributed by atoms with Gasteiger partial charge in [-0.05, 0) is 62.5 Å². The Morgan fingerprint density at radius 1 is 1.21 bits per heavy atom. The Labute approximate surface area is 185 Å². The van der Waals surface area contributed by atoms with Crippen LogP contribution in [-0.2, 0) is 13.2 Å². The number of aryl methyl sites for hydroxylation is 2. The molecule has 0 saturated heterocycles. The van der Waals surface area contributed by atoms with Crippen molar-refractivity contribution in [1.82, 2.24) is 19.3 Å². The second-order valence-electron chi connectivity index (χ2n) is 6.50. The maximum Gasteiger partial charge on any atom is 0.201 e. The van der Waals surface area contributed by atoms with Gasteiger partial charge in [-0.3, -0.25) is 4.79 Å². The molecular weight excluding hydrogens is 470 g/mol. The zero-order valence-electron chi connectivity index (χ0n) is 15.8. The number of rotatable bonds is 5. The summed E-state index contributed by atoms with van der Waals surface area (Å²) in [4.78, 5) is 17.6. The maximum absolute atomic E-state index is 13.1. The van der Waals surface area contributed by atoms with Gasteiger partial charge in [-0.1, -0.05) is 27.3 Å². The van der Waals surface area contributed by atoms with E-state index in [1.165, 1.54) is 11.3 Å². The highest BCUT2D eigenvalue weighted by Gasteiger charge is 2.15. The van der Waals surface area contributed by atoms with Crippen molar-refractivity contribution in [3.63, 3.8) is 0 Å². The number of anilines is 1. The van der Waals surface area contributed by atoms with Gasteiger partial charge in [0.2, 0.25) is 5.43 Å². The van der Waals surface area contributed by atoms with Crippen molar-refractivity contribution < 1.29 is 0 Å². The van der Waals surface area contributed by atoms with Crippen LogP contribution in [0, 0.1) is 10.9 Å². The number of benzene rings is 1. The van der Waals surface area contributed by atoms with Crippen LogP contribution >= 0.6 is 39.5 Å². The molecule has 0 atom stereocenters. The van der Waals surface area contributed by atoms with Gasteiger partial charge in [-0.25, -0.2) is 9.67 Å². The molecule has 0 spiro atoms. The average molecular weight is 488 g/mol. The number of hydrogen-bond acceptors (Lipinski definition) is 6. The molecule has 4 rings (SSSR count). The lowest BCUT2D eigenvalue weighted by Crippen LogP contribution is -2.14. The van der Waals surface area contributed by atoms with Crippen molar-refractivity contribution in [2.45, 2.75) is 27.1 Å². The van der Waals surface area contributed by atoms with Crippen LogP contribution in [0.25, 0.3) is 21.6 Å². The Bertz CT molecular complexity index is 1310. The Balaban J connectivity index is 1.71. The van der Waals surface area contributed by atoms with Crippen molar-refractivity contribution in [3.8, 4) is 10.6 Å². The van der Waals surface area contributed by atoms with Crippen molar-refractivity contribution >= 4 is 56.2 Å². The summed E-state index contributed by atoms with van der Waals surface area (Å²) in [5.74, 6) is 0. The van der Waals surface area contributed by atoms with E-state index >= 15 is 0 Å². The fourth-order valence-electron chi connectivity index (χ4n) is 3.00. The first-order valence-electron chi connectivity index (χ1n) is 9.05. The highest BCUT2D eigenvalue weighted by Crippen LogP contribution is 2.23. The van der Waals surface area contributed by atoms with Crippen molar-refractivity contribution in [2.24, 2.45) is 0 Å². The van der Waals surface area contributed by atoms with Crippen LogP contribution in [-0.4, -0.2) is 19.3 Å². The van der Waals surface area contributed by atoms with Crippen LogP contribution in [0.4, 0.5) is 5.69 Å². The number of pyridine rings is 2. The topological polar surface area (TPSA) is 64.7 Å². The molecule has 3 aromatic heterocycles. The number of hydrogen-bond donors (Lipinski definition) is 1. The van der Waals surface area contributed by atoms with Gasteiger partial charge in [0.1, 0.15) is 12.3 Å². The fraction of sp³-hybridized carbons (Fsp3) is 0.200. The van der Waals surface area contributed by atoms with Gasteiger partial charge < -0.3 is 9.88 Å². The Hall–Kier alpha value is -2.36. The van der Waals surface area contributed by atoms with E-state index in [2.05, 4.69) is 31.3 Å². The monoisotopic (exact) mass is 487 g/mol. The third kappa shape index (κ3) is 4.03. The van der Waals surface area contributed by atoms with Crippen LogP contribution in [0.1, 0.15) is 12.6 Å². The van der Waals surface area contributed by atoms with E-state index in [1.54, 1.807) is 4.68 Å². The molecule has 0 fully saturated rings. The van der Waals surface area contributed by atoms with E-state index in [9.17, 15) is 4.79 Å². The molecule has 4 aromatic rings. The molecule has 0 bridgehead atoms. The minimum atomic E-state index is -0.0750. The highest BCUT2D eigenvalue weighted by atomic mass is 79.9. The van der Waals surface area contributed by atoms with Gasteiger partial charge in [0, 0.05) is 28.6 Å². The molecule has 0 unspecified atom stereocenters. The standard InChI is InChI=1S/C20H18BrN5OS2/c1-3-25-10-16(17(27)15-9-4-12(2)23-18(15)25)19-24-26(20(28)29-19)11-22-14-7-5-13(21)6-8-14/h4-10,22H,3,11H2,1-2H3. The summed E-state index contributed by atoms with van der Waals surface area (Å²) in [6.07, 6.45) is 1.83. The predicted molar refractivity (Wildman–Crippen MR) is 124 cm³/mol. The van der Waals surface area contributed by atoms with E-state index in [0.29, 0.717) is 38.8 Å². The molecule has 1 N–H and O–H groups in total. The Morgan fingerprint density at radius 2 is 1.97 bits per heavy atom. The highest BCUT2D eigenvalue weighted by molar-refractivity contribution is 9.10. The fourth-order valence-corrected chi connectivity index (χ4v) is 4.38. The number of nitrogens with one attached hydrogen (secondary N) is 1. The van der Waals surface area contributed by atoms with E-state index in [0.717, 1.165) is 15.9 Å². The number of aromatic nitrogens is 4. The lowest BCUT2D eigenvalue weighted by atomic mass is 10.2. The smallest absolute Gasteiger partial charge is 0.201 e. The van der Waals surface area contributed by atoms with Crippen LogP contribution in [0.15, 0.2) is 51.9 Å². The first kappa shape index (κ1) is 19.9. The molecule has 6 nitrogen and oxygen atoms in total. The molecule has 0 aliphatic rings. The lowest BCUT2D eigenvalue weighted by molar-refractivity contribution is 0.665. The van der Waals surface area contributed by atoms with Crippen molar-refractivity contribution in [3.05, 3.63) is 66.9 Å². The van der Waals surface area contributed by atoms with Gasteiger partial charge in [0.25, 0.3) is 0 Å². The zero-order valence-corrected chi connectivity index (χ0v) is 19.1. The largest absolute Gasteiger partial charge is 0.366 e. The number of fused-ring (bicyclic) bond motifs is 1. The number of nitrogens with zero attached hydrogens (tertiary/aromatic N) is 4. The summed E-state index contributed by atoms with van der Waals surface area (Å²) in [5, 5.41) is 9.10. The molecule has 29 heavy (non-hydrogen) atoms. The lowest BCUT2D eigenvalue weighted by Gasteiger charge is -2.10. The van der Waals surface area contributed by atoms with Crippen molar-refractivity contribution in [1.29, 1.82) is 0 Å². The molecule has 9 heteroatoms. The number of halogens is 1. The quantitative estimate of drug-likeness (QED) is 0.391. The minimum absolute atomic E-state index is 0.0750. The average Bonchev–Trinajstić information content (AvgIpc) is 3.08. The van der Waals surface area contributed by atoms with Gasteiger partial charge in [-0.2, -0.15) is 5.10 Å². The summed E-state index contributed by atoms with van der Waals surface area (Å²) < 4.78 is 5.30. The SMILES string of the molecule is CCn1cc(-c2nn(CNc3ccc(Br)cc3)c(=S)s2)c(=O)c2ccc(C)nc21. The molecule has 0 aliphatic carbocycles. The molecule has 148 valence electrons. The molecule has 1 aromatic carbocycles. The van der Waals surface area contributed by atoms with Gasteiger partial charge in [0.05, 0.1) is 10.9 Å². The second-order valence-corrected chi connectivity index (χ2v) is 9.03. The normalized spacial score (nSPS) is 11.1. The maximum atomic E-state index is 13.1. The molecular formula is C20H18BrN5OS2. The molecule has 0 aliphatic heterocycles. The molecule has 0 radical (unpaired) electrons. The van der Waals surface area contributed by atoms with E-state index < -0.39 is 0 Å². The van der Waals surface area contributed by atoms with E-state index in [-0.39, 0.29) is 5.43 Å². The third-order valence-electron chi connectivity index (χ3n) is 4.52. The van der Waals surface area contributed by atoms with Crippen LogP contribution in [0.2, 0.25) is 0 Å².